The topological polar surface area (TPSA) is 55.8 Å². The second kappa shape index (κ2) is 9.80. The highest BCUT2D eigenvalue weighted by atomic mass is 16.5. The van der Waals surface area contributed by atoms with Gasteiger partial charge in [0.2, 0.25) is 0 Å². The van der Waals surface area contributed by atoms with Crippen molar-refractivity contribution in [3.63, 3.8) is 0 Å². The number of hydrogen-bond donors (Lipinski definition) is 1. The molecule has 0 aromatic heterocycles. The van der Waals surface area contributed by atoms with E-state index >= 15 is 0 Å². The number of hydrogen-bond acceptors (Lipinski definition) is 4. The SMILES string of the molecule is CCOC(=O)c1ccc(-c2cccc(-c3ccc(OCCO)c(C(C)(C)C)c3)c2)cc1. The molecule has 162 valence electrons. The Morgan fingerprint density at radius 3 is 2.10 bits per heavy atom. The largest absolute Gasteiger partial charge is 0.491 e. The van der Waals surface area contributed by atoms with Crippen molar-refractivity contribution in [1.82, 2.24) is 0 Å². The van der Waals surface area contributed by atoms with E-state index in [4.69, 9.17) is 14.6 Å². The van der Waals surface area contributed by atoms with Gasteiger partial charge in [0, 0.05) is 5.56 Å². The van der Waals surface area contributed by atoms with Crippen LogP contribution in [-0.2, 0) is 10.2 Å². The minimum absolute atomic E-state index is 0.0116. The van der Waals surface area contributed by atoms with Crippen LogP contribution in [0.15, 0.2) is 66.7 Å². The highest BCUT2D eigenvalue weighted by molar-refractivity contribution is 5.90. The summed E-state index contributed by atoms with van der Waals surface area (Å²) in [6.07, 6.45) is 0. The van der Waals surface area contributed by atoms with E-state index in [1.54, 1.807) is 19.1 Å². The molecule has 1 N–H and O–H groups in total. The third-order valence-corrected chi connectivity index (χ3v) is 5.06. The Labute approximate surface area is 184 Å². The third-order valence-electron chi connectivity index (χ3n) is 5.06. The van der Waals surface area contributed by atoms with Crippen molar-refractivity contribution >= 4 is 5.97 Å². The fraction of sp³-hybridized carbons (Fsp3) is 0.296. The summed E-state index contributed by atoms with van der Waals surface area (Å²) in [5, 5.41) is 9.12. The van der Waals surface area contributed by atoms with Gasteiger partial charge in [-0.05, 0) is 64.9 Å². The minimum atomic E-state index is -0.305. The van der Waals surface area contributed by atoms with Gasteiger partial charge in [0.1, 0.15) is 12.4 Å². The molecule has 0 amide bonds. The predicted molar refractivity (Wildman–Crippen MR) is 125 cm³/mol. The molecule has 3 aromatic rings. The van der Waals surface area contributed by atoms with Crippen molar-refractivity contribution < 1.29 is 19.4 Å². The van der Waals surface area contributed by atoms with Crippen molar-refractivity contribution in [1.29, 1.82) is 0 Å². The predicted octanol–water partition coefficient (Wildman–Crippen LogP) is 5.87. The van der Waals surface area contributed by atoms with Gasteiger partial charge in [0.05, 0.1) is 18.8 Å². The molecule has 0 aliphatic heterocycles. The molecule has 3 rings (SSSR count). The molecule has 4 heteroatoms. The third kappa shape index (κ3) is 5.53. The number of ether oxygens (including phenoxy) is 2. The van der Waals surface area contributed by atoms with Gasteiger partial charge in [-0.1, -0.05) is 57.2 Å². The number of carbonyl (C=O) groups excluding carboxylic acids is 1. The van der Waals surface area contributed by atoms with E-state index in [1.807, 2.05) is 30.3 Å². The van der Waals surface area contributed by atoms with Gasteiger partial charge in [0.15, 0.2) is 0 Å². The quantitative estimate of drug-likeness (QED) is 0.488. The molecular weight excluding hydrogens is 388 g/mol. The maximum Gasteiger partial charge on any atom is 0.338 e. The summed E-state index contributed by atoms with van der Waals surface area (Å²) < 4.78 is 10.8. The first-order chi connectivity index (χ1) is 14.8. The van der Waals surface area contributed by atoms with Crippen LogP contribution in [-0.4, -0.2) is 30.9 Å². The summed E-state index contributed by atoms with van der Waals surface area (Å²) in [5.74, 6) is 0.497. The molecule has 0 saturated carbocycles. The van der Waals surface area contributed by atoms with E-state index in [9.17, 15) is 4.79 Å². The molecule has 0 saturated heterocycles. The summed E-state index contributed by atoms with van der Waals surface area (Å²) in [6.45, 7) is 8.89. The van der Waals surface area contributed by atoms with Crippen molar-refractivity contribution in [2.75, 3.05) is 19.8 Å². The first-order valence-corrected chi connectivity index (χ1v) is 10.6. The summed E-state index contributed by atoms with van der Waals surface area (Å²) in [7, 11) is 0. The zero-order valence-corrected chi connectivity index (χ0v) is 18.6. The Kier molecular flexibility index (Phi) is 7.13. The van der Waals surface area contributed by atoms with Gasteiger partial charge in [-0.2, -0.15) is 0 Å². The average molecular weight is 419 g/mol. The van der Waals surface area contributed by atoms with Crippen molar-refractivity contribution in [3.05, 3.63) is 77.9 Å². The highest BCUT2D eigenvalue weighted by Gasteiger charge is 2.20. The lowest BCUT2D eigenvalue weighted by Gasteiger charge is -2.24. The lowest BCUT2D eigenvalue weighted by Crippen LogP contribution is -2.14. The molecule has 4 nitrogen and oxygen atoms in total. The molecule has 0 aliphatic rings. The monoisotopic (exact) mass is 418 g/mol. The molecule has 0 fully saturated rings. The van der Waals surface area contributed by atoms with E-state index in [0.29, 0.717) is 12.2 Å². The van der Waals surface area contributed by atoms with Crippen LogP contribution in [0.1, 0.15) is 43.6 Å². The second-order valence-corrected chi connectivity index (χ2v) is 8.41. The molecule has 0 bridgehead atoms. The van der Waals surface area contributed by atoms with Crippen LogP contribution < -0.4 is 4.74 Å². The number of carbonyl (C=O) groups is 1. The smallest absolute Gasteiger partial charge is 0.338 e. The summed E-state index contributed by atoms with van der Waals surface area (Å²) in [4.78, 5) is 11.9. The first kappa shape index (κ1) is 22.6. The normalized spacial score (nSPS) is 11.3. The highest BCUT2D eigenvalue weighted by Crippen LogP contribution is 2.36. The van der Waals surface area contributed by atoms with E-state index in [2.05, 4.69) is 45.0 Å². The van der Waals surface area contributed by atoms with Crippen LogP contribution in [0.2, 0.25) is 0 Å². The number of rotatable bonds is 7. The lowest BCUT2D eigenvalue weighted by atomic mass is 9.84. The molecule has 0 aliphatic carbocycles. The maximum atomic E-state index is 11.9. The van der Waals surface area contributed by atoms with Crippen LogP contribution in [0.3, 0.4) is 0 Å². The van der Waals surface area contributed by atoms with Crippen LogP contribution >= 0.6 is 0 Å². The molecular formula is C27H30O4. The molecule has 3 aromatic carbocycles. The number of benzene rings is 3. The second-order valence-electron chi connectivity index (χ2n) is 8.41. The van der Waals surface area contributed by atoms with E-state index in [-0.39, 0.29) is 24.6 Å². The lowest BCUT2D eigenvalue weighted by molar-refractivity contribution is 0.0526. The average Bonchev–Trinajstić information content (AvgIpc) is 2.77. The van der Waals surface area contributed by atoms with Crippen LogP contribution in [0, 0.1) is 0 Å². The molecule has 0 atom stereocenters. The Bertz CT molecular complexity index is 1030. The van der Waals surface area contributed by atoms with Gasteiger partial charge < -0.3 is 14.6 Å². The summed E-state index contributed by atoms with van der Waals surface area (Å²) >= 11 is 0. The summed E-state index contributed by atoms with van der Waals surface area (Å²) in [6, 6.07) is 22.0. The molecule has 0 radical (unpaired) electrons. The van der Waals surface area contributed by atoms with Crippen molar-refractivity contribution in [3.8, 4) is 28.0 Å². The van der Waals surface area contributed by atoms with Crippen molar-refractivity contribution in [2.45, 2.75) is 33.1 Å². The Morgan fingerprint density at radius 2 is 1.48 bits per heavy atom. The van der Waals surface area contributed by atoms with Crippen molar-refractivity contribution in [2.24, 2.45) is 0 Å². The van der Waals surface area contributed by atoms with Gasteiger partial charge in [-0.3, -0.25) is 0 Å². The maximum absolute atomic E-state index is 11.9. The Hall–Kier alpha value is -3.11. The van der Waals surface area contributed by atoms with Crippen LogP contribution in [0.4, 0.5) is 0 Å². The fourth-order valence-corrected chi connectivity index (χ4v) is 3.47. The van der Waals surface area contributed by atoms with E-state index in [0.717, 1.165) is 33.6 Å². The van der Waals surface area contributed by atoms with Crippen LogP contribution in [0.5, 0.6) is 5.75 Å². The van der Waals surface area contributed by atoms with E-state index < -0.39 is 0 Å². The van der Waals surface area contributed by atoms with Gasteiger partial charge in [0.25, 0.3) is 0 Å². The fourth-order valence-electron chi connectivity index (χ4n) is 3.47. The van der Waals surface area contributed by atoms with Crippen LogP contribution in [0.25, 0.3) is 22.3 Å². The molecule has 0 unspecified atom stereocenters. The first-order valence-electron chi connectivity index (χ1n) is 10.6. The molecule has 0 heterocycles. The molecule has 0 spiro atoms. The minimum Gasteiger partial charge on any atom is -0.491 e. The number of aliphatic hydroxyl groups excluding tert-OH is 1. The van der Waals surface area contributed by atoms with E-state index in [1.165, 1.54) is 0 Å². The standard InChI is InChI=1S/C27H30O4/c1-5-30-26(29)20-11-9-19(10-12-20)21-7-6-8-22(17-21)23-13-14-25(31-16-15-28)24(18-23)27(2,3)4/h6-14,17-18,28H,5,15-16H2,1-4H3. The summed E-state index contributed by atoms with van der Waals surface area (Å²) in [5.41, 5.74) is 5.87. The van der Waals surface area contributed by atoms with Gasteiger partial charge in [-0.15, -0.1) is 0 Å². The zero-order valence-electron chi connectivity index (χ0n) is 18.6. The van der Waals surface area contributed by atoms with Gasteiger partial charge in [-0.25, -0.2) is 4.79 Å². The number of aliphatic hydroxyl groups is 1. The molecule has 31 heavy (non-hydrogen) atoms. The zero-order chi connectivity index (χ0) is 22.4. The number of esters is 1. The Morgan fingerprint density at radius 1 is 0.871 bits per heavy atom. The Balaban J connectivity index is 1.93. The van der Waals surface area contributed by atoms with Gasteiger partial charge >= 0.3 is 5.97 Å².